The lowest BCUT2D eigenvalue weighted by atomic mass is 9.83. The first-order valence-electron chi connectivity index (χ1n) is 13.1. The van der Waals surface area contributed by atoms with Crippen LogP contribution in [-0.2, 0) is 6.42 Å². The average Bonchev–Trinajstić information content (AvgIpc) is 3.42. The van der Waals surface area contributed by atoms with Gasteiger partial charge in [-0.1, -0.05) is 65.9 Å². The van der Waals surface area contributed by atoms with Crippen LogP contribution in [0.1, 0.15) is 46.1 Å². The van der Waals surface area contributed by atoms with Gasteiger partial charge in [-0.2, -0.15) is 0 Å². The number of halogens is 1. The summed E-state index contributed by atoms with van der Waals surface area (Å²) in [5.74, 6) is -0.263. The second-order valence-corrected chi connectivity index (χ2v) is 11.2. The molecule has 192 valence electrons. The number of aryl methyl sites for hydroxylation is 2. The van der Waals surface area contributed by atoms with Crippen molar-refractivity contribution in [1.29, 1.82) is 0 Å². The number of benzene rings is 3. The lowest BCUT2D eigenvalue weighted by molar-refractivity contribution is 0.585. The Bertz CT molecular complexity index is 1960. The highest BCUT2D eigenvalue weighted by molar-refractivity contribution is 7.07. The number of rotatable bonds is 3. The highest BCUT2D eigenvalue weighted by Crippen LogP contribution is 2.41. The van der Waals surface area contributed by atoms with Crippen molar-refractivity contribution in [1.82, 2.24) is 9.13 Å². The number of hydrogen-bond acceptors (Lipinski definition) is 3. The second-order valence-electron chi connectivity index (χ2n) is 10.2. The summed E-state index contributed by atoms with van der Waals surface area (Å²) in [6, 6.07) is 27.1. The van der Waals surface area contributed by atoms with Crippen LogP contribution in [0.25, 0.3) is 17.5 Å². The topological polar surface area (TPSA) is 39.3 Å². The van der Waals surface area contributed by atoms with Gasteiger partial charge in [0.05, 0.1) is 16.3 Å². The minimum atomic E-state index is -0.263. The maximum atomic E-state index is 14.0. The molecule has 0 saturated heterocycles. The zero-order valence-electron chi connectivity index (χ0n) is 21.7. The standard InChI is InChI=1S/C33H26FN3OS/c1-20-18-24(21(2)36(20)26-15-13-25(34)14-16-26)19-29-32(38)37-31(23-9-4-3-5-10-23)28-17-12-22-8-6-7-11-27(22)30(28)35-33(37)39-29/h3-11,13-16,18-19,31H,12,17H2,1-2H3/b29-19-/t31-/m0/s1. The Balaban J connectivity index is 1.43. The summed E-state index contributed by atoms with van der Waals surface area (Å²) in [5, 5.41) is 0. The van der Waals surface area contributed by atoms with Gasteiger partial charge in [0.1, 0.15) is 5.82 Å². The molecule has 0 radical (unpaired) electrons. The Hall–Kier alpha value is -4.29. The van der Waals surface area contributed by atoms with Gasteiger partial charge < -0.3 is 4.57 Å². The molecule has 0 saturated carbocycles. The molecule has 6 heteroatoms. The van der Waals surface area contributed by atoms with Crippen molar-refractivity contribution in [3.63, 3.8) is 0 Å². The fraction of sp³-hybridized carbons (Fsp3) is 0.152. The zero-order chi connectivity index (χ0) is 26.7. The fourth-order valence-corrected chi connectivity index (χ4v) is 7.01. The van der Waals surface area contributed by atoms with Crippen LogP contribution >= 0.6 is 11.3 Å². The molecule has 3 heterocycles. The van der Waals surface area contributed by atoms with Crippen molar-refractivity contribution in [2.45, 2.75) is 32.7 Å². The van der Waals surface area contributed by atoms with Crippen LogP contribution in [0, 0.1) is 19.7 Å². The van der Waals surface area contributed by atoms with Gasteiger partial charge in [0.25, 0.3) is 5.56 Å². The molecule has 1 aliphatic carbocycles. The molecule has 3 aromatic carbocycles. The molecule has 0 N–H and O–H groups in total. The van der Waals surface area contributed by atoms with Crippen LogP contribution in [0.15, 0.2) is 100 Å². The first-order chi connectivity index (χ1) is 19.0. The Morgan fingerprint density at radius 2 is 1.69 bits per heavy atom. The van der Waals surface area contributed by atoms with Crippen molar-refractivity contribution in [3.8, 4) is 5.69 Å². The van der Waals surface area contributed by atoms with Gasteiger partial charge in [-0.15, -0.1) is 0 Å². The van der Waals surface area contributed by atoms with Gasteiger partial charge in [0, 0.05) is 22.6 Å². The van der Waals surface area contributed by atoms with E-state index in [1.54, 1.807) is 12.1 Å². The lowest BCUT2D eigenvalue weighted by Crippen LogP contribution is -2.38. The van der Waals surface area contributed by atoms with Gasteiger partial charge in [-0.25, -0.2) is 9.38 Å². The highest BCUT2D eigenvalue weighted by Gasteiger charge is 2.32. The number of nitrogens with zero attached hydrogens (tertiary/aromatic N) is 3. The minimum Gasteiger partial charge on any atom is -0.318 e. The van der Waals surface area contributed by atoms with E-state index in [2.05, 4.69) is 47.0 Å². The summed E-state index contributed by atoms with van der Waals surface area (Å²) >= 11 is 1.44. The van der Waals surface area contributed by atoms with E-state index in [0.29, 0.717) is 4.53 Å². The molecule has 7 rings (SSSR count). The van der Waals surface area contributed by atoms with E-state index >= 15 is 0 Å². The molecule has 4 nitrogen and oxygen atoms in total. The van der Waals surface area contributed by atoms with Crippen molar-refractivity contribution in [2.75, 3.05) is 0 Å². The summed E-state index contributed by atoms with van der Waals surface area (Å²) in [6.07, 6.45) is 3.79. The van der Waals surface area contributed by atoms with Crippen molar-refractivity contribution < 1.29 is 4.39 Å². The van der Waals surface area contributed by atoms with Crippen LogP contribution in [0.5, 0.6) is 0 Å². The third-order valence-electron chi connectivity index (χ3n) is 7.83. The summed E-state index contributed by atoms with van der Waals surface area (Å²) in [4.78, 5) is 19.9. The Morgan fingerprint density at radius 1 is 0.949 bits per heavy atom. The molecule has 0 fully saturated rings. The van der Waals surface area contributed by atoms with Crippen molar-refractivity contribution in [3.05, 3.63) is 150 Å². The molecule has 1 atom stereocenters. The minimum absolute atomic E-state index is 0.0235. The predicted molar refractivity (Wildman–Crippen MR) is 154 cm³/mol. The quantitative estimate of drug-likeness (QED) is 0.287. The van der Waals surface area contributed by atoms with Crippen LogP contribution in [0.4, 0.5) is 4.39 Å². The van der Waals surface area contributed by atoms with Crippen LogP contribution in [0.3, 0.4) is 0 Å². The molecular formula is C33H26FN3OS. The van der Waals surface area contributed by atoms with Crippen molar-refractivity contribution >= 4 is 23.1 Å². The van der Waals surface area contributed by atoms with E-state index in [1.807, 2.05) is 42.7 Å². The van der Waals surface area contributed by atoms with Gasteiger partial charge >= 0.3 is 0 Å². The number of thiazole rings is 1. The number of hydrogen-bond donors (Lipinski definition) is 0. The fourth-order valence-electron chi connectivity index (χ4n) is 6.02. The molecule has 0 amide bonds. The van der Waals surface area contributed by atoms with E-state index in [-0.39, 0.29) is 17.4 Å². The molecule has 1 aliphatic heterocycles. The Labute approximate surface area is 229 Å². The average molecular weight is 532 g/mol. The molecule has 39 heavy (non-hydrogen) atoms. The van der Waals surface area contributed by atoms with Crippen LogP contribution in [-0.4, -0.2) is 9.13 Å². The molecule has 2 aromatic heterocycles. The summed E-state index contributed by atoms with van der Waals surface area (Å²) in [5.41, 5.74) is 9.63. The highest BCUT2D eigenvalue weighted by atomic mass is 32.1. The van der Waals surface area contributed by atoms with Gasteiger partial charge in [-0.05, 0) is 85.4 Å². The summed E-state index contributed by atoms with van der Waals surface area (Å²) < 4.78 is 18.2. The second kappa shape index (κ2) is 9.17. The smallest absolute Gasteiger partial charge is 0.271 e. The molecule has 0 spiro atoms. The Morgan fingerprint density at radius 3 is 2.49 bits per heavy atom. The summed E-state index contributed by atoms with van der Waals surface area (Å²) in [6.45, 7) is 4.05. The number of fused-ring (bicyclic) bond motifs is 3. The molecule has 0 bridgehead atoms. The predicted octanol–water partition coefficient (Wildman–Crippen LogP) is 5.87. The van der Waals surface area contributed by atoms with Crippen LogP contribution < -0.4 is 14.9 Å². The number of allylic oxidation sites excluding steroid dienone is 1. The van der Waals surface area contributed by atoms with E-state index in [1.165, 1.54) is 40.2 Å². The maximum absolute atomic E-state index is 14.0. The SMILES string of the molecule is Cc1cc(/C=c2\sc3n(c2=O)[C@@H](c2ccccc2)C2=C(N=3)c3ccccc3CC2)c(C)n1-c1ccc(F)cc1. The molecular weight excluding hydrogens is 505 g/mol. The van der Waals surface area contributed by atoms with Gasteiger partial charge in [0.15, 0.2) is 4.80 Å². The first-order valence-corrected chi connectivity index (χ1v) is 13.9. The third kappa shape index (κ3) is 3.86. The van der Waals surface area contributed by atoms with Crippen LogP contribution in [0.2, 0.25) is 0 Å². The van der Waals surface area contributed by atoms with E-state index in [9.17, 15) is 9.18 Å². The Kier molecular flexibility index (Phi) is 5.60. The monoisotopic (exact) mass is 531 g/mol. The molecule has 5 aromatic rings. The third-order valence-corrected chi connectivity index (χ3v) is 8.81. The van der Waals surface area contributed by atoms with E-state index < -0.39 is 0 Å². The van der Waals surface area contributed by atoms with E-state index in [4.69, 9.17) is 4.99 Å². The largest absolute Gasteiger partial charge is 0.318 e. The zero-order valence-corrected chi connectivity index (χ0v) is 22.5. The van der Waals surface area contributed by atoms with Gasteiger partial charge in [0.2, 0.25) is 0 Å². The van der Waals surface area contributed by atoms with E-state index in [0.717, 1.165) is 51.5 Å². The lowest BCUT2D eigenvalue weighted by Gasteiger charge is -2.30. The van der Waals surface area contributed by atoms with Crippen molar-refractivity contribution in [2.24, 2.45) is 4.99 Å². The molecule has 2 aliphatic rings. The molecule has 0 unspecified atom stereocenters. The summed E-state index contributed by atoms with van der Waals surface area (Å²) in [7, 11) is 0. The normalized spacial score (nSPS) is 16.5. The number of aromatic nitrogens is 2. The van der Waals surface area contributed by atoms with Gasteiger partial charge in [-0.3, -0.25) is 9.36 Å². The maximum Gasteiger partial charge on any atom is 0.271 e. The first kappa shape index (κ1) is 23.8.